The van der Waals surface area contributed by atoms with Crippen LogP contribution in [0.3, 0.4) is 0 Å². The van der Waals surface area contributed by atoms with Gasteiger partial charge in [-0.2, -0.15) is 0 Å². The topological polar surface area (TPSA) is 43.4 Å². The number of ether oxygens (including phenoxy) is 1. The summed E-state index contributed by atoms with van der Waals surface area (Å²) in [5.41, 5.74) is 1.70. The maximum absolute atomic E-state index is 11.1. The van der Waals surface area contributed by atoms with Crippen molar-refractivity contribution in [2.24, 2.45) is 5.41 Å². The summed E-state index contributed by atoms with van der Waals surface area (Å²) in [7, 11) is 1.76. The minimum Gasteiger partial charge on any atom is -0.493 e. The number of halogens is 1. The normalized spacial score (nSPS) is 12.5. The van der Waals surface area contributed by atoms with Crippen LogP contribution in [0.4, 0.5) is 0 Å². The lowest BCUT2D eigenvalue weighted by Crippen LogP contribution is -2.28. The van der Waals surface area contributed by atoms with Crippen LogP contribution in [-0.4, -0.2) is 20.8 Å². The second-order valence-corrected chi connectivity index (χ2v) is 8.11. The zero-order valence-corrected chi connectivity index (χ0v) is 12.7. The van der Waals surface area contributed by atoms with Gasteiger partial charge in [-0.25, -0.2) is 8.42 Å². The molecule has 0 N–H and O–H groups in total. The number of hydrogen-bond donors (Lipinski definition) is 0. The van der Waals surface area contributed by atoms with E-state index in [-0.39, 0.29) is 5.75 Å². The molecule has 0 heterocycles. The Balaban J connectivity index is 2.73. The summed E-state index contributed by atoms with van der Waals surface area (Å²) in [5.74, 6) is 0.682. The van der Waals surface area contributed by atoms with Gasteiger partial charge in [-0.15, -0.1) is 0 Å². The quantitative estimate of drug-likeness (QED) is 0.782. The van der Waals surface area contributed by atoms with Gasteiger partial charge in [0.25, 0.3) is 0 Å². The van der Waals surface area contributed by atoms with E-state index in [2.05, 4.69) is 0 Å². The minimum atomic E-state index is -3.51. The summed E-state index contributed by atoms with van der Waals surface area (Å²) >= 11 is 0. The summed E-state index contributed by atoms with van der Waals surface area (Å²) < 4.78 is 27.9. The van der Waals surface area contributed by atoms with Crippen molar-refractivity contribution in [1.29, 1.82) is 0 Å². The van der Waals surface area contributed by atoms with Crippen molar-refractivity contribution in [3.63, 3.8) is 0 Å². The lowest BCUT2D eigenvalue weighted by atomic mass is 9.98. The molecule has 0 amide bonds. The first kappa shape index (κ1) is 15.3. The van der Waals surface area contributed by atoms with Gasteiger partial charge in [-0.05, 0) is 31.0 Å². The van der Waals surface area contributed by atoms with E-state index in [4.69, 9.17) is 15.4 Å². The number of aryl methyl sites for hydroxylation is 1. The monoisotopic (exact) mass is 290 g/mol. The van der Waals surface area contributed by atoms with Crippen molar-refractivity contribution < 1.29 is 13.2 Å². The van der Waals surface area contributed by atoms with Crippen molar-refractivity contribution in [2.75, 3.05) is 12.4 Å². The number of rotatable bonds is 5. The Morgan fingerprint density at radius 1 is 1.28 bits per heavy atom. The predicted octanol–water partition coefficient (Wildman–Crippen LogP) is 3.28. The Bertz CT molecular complexity index is 521. The Morgan fingerprint density at radius 2 is 1.89 bits per heavy atom. The van der Waals surface area contributed by atoms with Crippen LogP contribution < -0.4 is 4.74 Å². The van der Waals surface area contributed by atoms with Crippen LogP contribution in [0.15, 0.2) is 18.2 Å². The standard InChI is InChI=1S/C13H19ClO3S/c1-10-6-5-7-12(11(10)2)17-8-13(3,4)9-18(14,15)16/h5-7H,8-9H2,1-4H3. The first-order chi connectivity index (χ1) is 8.11. The second kappa shape index (κ2) is 5.49. The van der Waals surface area contributed by atoms with Crippen LogP contribution in [-0.2, 0) is 9.05 Å². The molecule has 0 unspecified atom stereocenters. The zero-order chi connectivity index (χ0) is 14.0. The molecule has 1 rings (SSSR count). The van der Waals surface area contributed by atoms with Crippen molar-refractivity contribution in [3.05, 3.63) is 29.3 Å². The SMILES string of the molecule is Cc1cccc(OCC(C)(C)CS(=O)(=O)Cl)c1C. The highest BCUT2D eigenvalue weighted by Gasteiger charge is 2.26. The molecule has 0 aliphatic rings. The molecule has 102 valence electrons. The Labute approximate surface area is 114 Å². The highest BCUT2D eigenvalue weighted by atomic mass is 35.7. The average molecular weight is 291 g/mol. The van der Waals surface area contributed by atoms with Gasteiger partial charge >= 0.3 is 0 Å². The first-order valence-electron chi connectivity index (χ1n) is 5.72. The predicted molar refractivity (Wildman–Crippen MR) is 74.8 cm³/mol. The van der Waals surface area contributed by atoms with Gasteiger partial charge in [0, 0.05) is 16.1 Å². The summed E-state index contributed by atoms with van der Waals surface area (Å²) in [6, 6.07) is 5.81. The molecule has 0 aliphatic heterocycles. The molecule has 0 saturated carbocycles. The largest absolute Gasteiger partial charge is 0.493 e. The maximum atomic E-state index is 11.1. The van der Waals surface area contributed by atoms with E-state index in [0.29, 0.717) is 6.61 Å². The molecular weight excluding hydrogens is 272 g/mol. The third kappa shape index (κ3) is 4.86. The van der Waals surface area contributed by atoms with Gasteiger partial charge in [0.2, 0.25) is 9.05 Å². The van der Waals surface area contributed by atoms with E-state index < -0.39 is 14.5 Å². The number of benzene rings is 1. The van der Waals surface area contributed by atoms with E-state index in [1.807, 2.05) is 45.9 Å². The van der Waals surface area contributed by atoms with Crippen LogP contribution in [0.1, 0.15) is 25.0 Å². The Hall–Kier alpha value is -0.740. The van der Waals surface area contributed by atoms with E-state index in [1.54, 1.807) is 0 Å². The lowest BCUT2D eigenvalue weighted by Gasteiger charge is -2.23. The highest BCUT2D eigenvalue weighted by molar-refractivity contribution is 8.13. The van der Waals surface area contributed by atoms with E-state index in [0.717, 1.165) is 16.9 Å². The molecule has 1 aromatic rings. The van der Waals surface area contributed by atoms with Gasteiger partial charge in [0.1, 0.15) is 5.75 Å². The van der Waals surface area contributed by atoms with Gasteiger partial charge in [0.15, 0.2) is 0 Å². The van der Waals surface area contributed by atoms with Crippen LogP contribution in [0, 0.1) is 19.3 Å². The Morgan fingerprint density at radius 3 is 2.44 bits per heavy atom. The maximum Gasteiger partial charge on any atom is 0.233 e. The minimum absolute atomic E-state index is 0.105. The summed E-state index contributed by atoms with van der Waals surface area (Å²) in [4.78, 5) is 0. The third-order valence-corrected chi connectivity index (χ3v) is 4.19. The molecule has 0 aliphatic carbocycles. The van der Waals surface area contributed by atoms with E-state index in [9.17, 15) is 8.42 Å². The molecule has 18 heavy (non-hydrogen) atoms. The van der Waals surface area contributed by atoms with Crippen molar-refractivity contribution in [3.8, 4) is 5.75 Å². The van der Waals surface area contributed by atoms with Gasteiger partial charge in [-0.3, -0.25) is 0 Å². The van der Waals surface area contributed by atoms with Gasteiger partial charge in [-0.1, -0.05) is 26.0 Å². The second-order valence-electron chi connectivity index (χ2n) is 5.33. The lowest BCUT2D eigenvalue weighted by molar-refractivity contribution is 0.199. The molecule has 0 fully saturated rings. The third-order valence-electron chi connectivity index (χ3n) is 2.74. The fourth-order valence-corrected chi connectivity index (χ4v) is 3.56. The van der Waals surface area contributed by atoms with Gasteiger partial charge in [0.05, 0.1) is 12.4 Å². The molecule has 0 atom stereocenters. The van der Waals surface area contributed by atoms with E-state index in [1.165, 1.54) is 0 Å². The molecule has 3 nitrogen and oxygen atoms in total. The fourth-order valence-electron chi connectivity index (χ4n) is 1.66. The average Bonchev–Trinajstić information content (AvgIpc) is 2.17. The van der Waals surface area contributed by atoms with Crippen LogP contribution in [0.2, 0.25) is 0 Å². The molecule has 0 bridgehead atoms. The molecule has 1 aromatic carbocycles. The van der Waals surface area contributed by atoms with Crippen molar-refractivity contribution >= 4 is 19.7 Å². The molecule has 0 saturated heterocycles. The van der Waals surface area contributed by atoms with Gasteiger partial charge < -0.3 is 4.74 Å². The first-order valence-corrected chi connectivity index (χ1v) is 8.20. The Kier molecular flexibility index (Phi) is 4.67. The van der Waals surface area contributed by atoms with Crippen LogP contribution >= 0.6 is 10.7 Å². The van der Waals surface area contributed by atoms with Crippen LogP contribution in [0.5, 0.6) is 5.75 Å². The molecule has 0 aromatic heterocycles. The number of hydrogen-bond acceptors (Lipinski definition) is 3. The van der Waals surface area contributed by atoms with Crippen molar-refractivity contribution in [2.45, 2.75) is 27.7 Å². The van der Waals surface area contributed by atoms with Crippen molar-refractivity contribution in [1.82, 2.24) is 0 Å². The highest BCUT2D eigenvalue weighted by Crippen LogP contribution is 2.25. The molecule has 5 heteroatoms. The zero-order valence-electron chi connectivity index (χ0n) is 11.2. The molecule has 0 spiro atoms. The molecular formula is C13H19ClO3S. The smallest absolute Gasteiger partial charge is 0.233 e. The molecule has 0 radical (unpaired) electrons. The summed E-state index contributed by atoms with van der Waals surface area (Å²) in [6.45, 7) is 7.94. The summed E-state index contributed by atoms with van der Waals surface area (Å²) in [5, 5.41) is 0. The fraction of sp³-hybridized carbons (Fsp3) is 0.538. The van der Waals surface area contributed by atoms with E-state index >= 15 is 0 Å². The van der Waals surface area contributed by atoms with Crippen LogP contribution in [0.25, 0.3) is 0 Å². The summed E-state index contributed by atoms with van der Waals surface area (Å²) in [6.07, 6.45) is 0.